The smallest absolute Gasteiger partial charge is 0.222 e. The van der Waals surface area contributed by atoms with Crippen molar-refractivity contribution >= 4 is 5.91 Å². The second-order valence-electron chi connectivity index (χ2n) is 3.94. The van der Waals surface area contributed by atoms with E-state index in [1.165, 1.54) is 0 Å². The first kappa shape index (κ1) is 9.52. The minimum absolute atomic E-state index is 0.160. The number of rotatable bonds is 1. The second-order valence-corrected chi connectivity index (χ2v) is 3.94. The van der Waals surface area contributed by atoms with Crippen LogP contribution in [0.2, 0.25) is 0 Å². The number of hydrogen-bond donors (Lipinski definition) is 1. The lowest BCUT2D eigenvalue weighted by Gasteiger charge is -2.39. The van der Waals surface area contributed by atoms with Crippen LogP contribution >= 0.6 is 0 Å². The van der Waals surface area contributed by atoms with Crippen LogP contribution in [0, 0.1) is 5.92 Å². The van der Waals surface area contributed by atoms with Crippen LogP contribution in [0.4, 0.5) is 0 Å². The van der Waals surface area contributed by atoms with Gasteiger partial charge in [-0.3, -0.25) is 4.79 Å². The van der Waals surface area contributed by atoms with E-state index >= 15 is 0 Å². The fraction of sp³-hybridized carbons (Fsp3) is 0.889. The molecular weight excluding hydrogens is 152 g/mol. The summed E-state index contributed by atoms with van der Waals surface area (Å²) in [7, 11) is 1.85. The minimum atomic E-state index is 0.160. The Morgan fingerprint density at radius 1 is 1.58 bits per heavy atom. The number of likely N-dealkylation sites (N-methyl/N-ethyl adjacent to an activating group) is 1. The van der Waals surface area contributed by atoms with Crippen LogP contribution < -0.4 is 5.73 Å². The molecule has 0 aliphatic carbocycles. The van der Waals surface area contributed by atoms with Crippen molar-refractivity contribution in [2.24, 2.45) is 11.7 Å². The fourth-order valence-corrected chi connectivity index (χ4v) is 2.03. The lowest BCUT2D eigenvalue weighted by Crippen LogP contribution is -2.55. The lowest BCUT2D eigenvalue weighted by molar-refractivity contribution is -0.136. The van der Waals surface area contributed by atoms with Crippen LogP contribution in [-0.4, -0.2) is 29.9 Å². The van der Waals surface area contributed by atoms with Crippen LogP contribution in [0.5, 0.6) is 0 Å². The zero-order valence-electron chi connectivity index (χ0n) is 8.08. The van der Waals surface area contributed by atoms with Crippen LogP contribution in [0.25, 0.3) is 0 Å². The lowest BCUT2D eigenvalue weighted by atomic mass is 9.89. The highest BCUT2D eigenvalue weighted by atomic mass is 16.2. The summed E-state index contributed by atoms with van der Waals surface area (Å²) in [5.41, 5.74) is 5.94. The Labute approximate surface area is 73.9 Å². The fourth-order valence-electron chi connectivity index (χ4n) is 2.03. The summed E-state index contributed by atoms with van der Waals surface area (Å²) < 4.78 is 0. The topological polar surface area (TPSA) is 46.3 Å². The highest BCUT2D eigenvalue weighted by Gasteiger charge is 2.32. The molecule has 0 aromatic heterocycles. The summed E-state index contributed by atoms with van der Waals surface area (Å²) in [6, 6.07) is 0.388. The van der Waals surface area contributed by atoms with Crippen LogP contribution in [0.15, 0.2) is 0 Å². The van der Waals surface area contributed by atoms with Crippen molar-refractivity contribution in [1.82, 2.24) is 4.90 Å². The van der Waals surface area contributed by atoms with Crippen molar-refractivity contribution in [3.05, 3.63) is 0 Å². The SMILES string of the molecule is CC(C)[C@@H]1[C@H](N)CCC(=O)N1C. The third-order valence-corrected chi connectivity index (χ3v) is 2.65. The zero-order valence-corrected chi connectivity index (χ0v) is 8.08. The summed E-state index contributed by atoms with van der Waals surface area (Å²) in [5.74, 6) is 0.685. The third kappa shape index (κ3) is 1.61. The van der Waals surface area contributed by atoms with E-state index < -0.39 is 0 Å². The van der Waals surface area contributed by atoms with Crippen LogP contribution in [-0.2, 0) is 4.79 Å². The Bertz CT molecular complexity index is 179. The molecule has 1 aliphatic heterocycles. The average Bonchev–Trinajstić information content (AvgIpc) is 1.97. The summed E-state index contributed by atoms with van der Waals surface area (Å²) >= 11 is 0. The molecule has 0 bridgehead atoms. The summed E-state index contributed by atoms with van der Waals surface area (Å²) in [5, 5.41) is 0. The van der Waals surface area contributed by atoms with Gasteiger partial charge in [0.25, 0.3) is 0 Å². The summed E-state index contributed by atoms with van der Waals surface area (Å²) in [6.45, 7) is 4.22. The summed E-state index contributed by atoms with van der Waals surface area (Å²) in [6.07, 6.45) is 1.45. The molecule has 1 rings (SSSR count). The van der Waals surface area contributed by atoms with Crippen molar-refractivity contribution in [3.63, 3.8) is 0 Å². The maximum Gasteiger partial charge on any atom is 0.222 e. The first-order valence-corrected chi connectivity index (χ1v) is 4.55. The molecule has 0 spiro atoms. The van der Waals surface area contributed by atoms with Gasteiger partial charge in [-0.05, 0) is 12.3 Å². The van der Waals surface area contributed by atoms with Gasteiger partial charge >= 0.3 is 0 Å². The zero-order chi connectivity index (χ0) is 9.30. The van der Waals surface area contributed by atoms with Gasteiger partial charge in [0.2, 0.25) is 5.91 Å². The molecule has 1 fully saturated rings. The maximum absolute atomic E-state index is 11.3. The molecule has 70 valence electrons. The normalized spacial score (nSPS) is 31.4. The number of carbonyl (C=O) groups is 1. The Morgan fingerprint density at radius 2 is 2.17 bits per heavy atom. The number of likely N-dealkylation sites (tertiary alicyclic amines) is 1. The molecule has 1 aliphatic rings. The van der Waals surface area contributed by atoms with E-state index in [0.29, 0.717) is 12.3 Å². The van der Waals surface area contributed by atoms with Gasteiger partial charge in [0.15, 0.2) is 0 Å². The number of nitrogens with zero attached hydrogens (tertiary/aromatic N) is 1. The van der Waals surface area contributed by atoms with E-state index in [9.17, 15) is 4.79 Å². The Hall–Kier alpha value is -0.570. The maximum atomic E-state index is 11.3. The molecule has 0 aromatic rings. The van der Waals surface area contributed by atoms with Gasteiger partial charge in [-0.15, -0.1) is 0 Å². The Morgan fingerprint density at radius 3 is 2.58 bits per heavy atom. The number of carbonyl (C=O) groups excluding carboxylic acids is 1. The largest absolute Gasteiger partial charge is 0.341 e. The quantitative estimate of drug-likeness (QED) is 0.626. The predicted octanol–water partition coefficient (Wildman–Crippen LogP) is 0.590. The van der Waals surface area contributed by atoms with E-state index in [1.54, 1.807) is 4.90 Å². The van der Waals surface area contributed by atoms with E-state index in [-0.39, 0.29) is 18.0 Å². The van der Waals surface area contributed by atoms with Gasteiger partial charge in [0.05, 0.1) is 0 Å². The Kier molecular flexibility index (Phi) is 2.73. The van der Waals surface area contributed by atoms with Gasteiger partial charge in [-0.25, -0.2) is 0 Å². The molecule has 12 heavy (non-hydrogen) atoms. The van der Waals surface area contributed by atoms with Crippen LogP contribution in [0.3, 0.4) is 0 Å². The van der Waals surface area contributed by atoms with Gasteiger partial charge in [0, 0.05) is 25.6 Å². The third-order valence-electron chi connectivity index (χ3n) is 2.65. The number of nitrogens with two attached hydrogens (primary N) is 1. The monoisotopic (exact) mass is 170 g/mol. The van der Waals surface area contributed by atoms with E-state index in [1.807, 2.05) is 7.05 Å². The highest BCUT2D eigenvalue weighted by Crippen LogP contribution is 2.21. The Balaban J connectivity index is 2.71. The molecule has 0 saturated carbocycles. The van der Waals surface area contributed by atoms with Crippen molar-refractivity contribution in [1.29, 1.82) is 0 Å². The molecule has 1 heterocycles. The number of hydrogen-bond acceptors (Lipinski definition) is 2. The average molecular weight is 170 g/mol. The van der Waals surface area contributed by atoms with E-state index in [2.05, 4.69) is 13.8 Å². The minimum Gasteiger partial charge on any atom is -0.341 e. The van der Waals surface area contributed by atoms with Crippen molar-refractivity contribution in [2.75, 3.05) is 7.05 Å². The van der Waals surface area contributed by atoms with Crippen molar-refractivity contribution in [2.45, 2.75) is 38.8 Å². The van der Waals surface area contributed by atoms with E-state index in [4.69, 9.17) is 5.73 Å². The van der Waals surface area contributed by atoms with E-state index in [0.717, 1.165) is 6.42 Å². The molecule has 3 nitrogen and oxygen atoms in total. The van der Waals surface area contributed by atoms with Gasteiger partial charge in [0.1, 0.15) is 0 Å². The molecule has 2 N–H and O–H groups in total. The molecule has 2 atom stereocenters. The van der Waals surface area contributed by atoms with Gasteiger partial charge in [-0.2, -0.15) is 0 Å². The highest BCUT2D eigenvalue weighted by molar-refractivity contribution is 5.77. The predicted molar refractivity (Wildman–Crippen MR) is 48.6 cm³/mol. The molecule has 0 radical (unpaired) electrons. The number of amides is 1. The molecule has 1 saturated heterocycles. The molecule has 3 heteroatoms. The molecular formula is C9H18N2O. The van der Waals surface area contributed by atoms with Crippen molar-refractivity contribution < 1.29 is 4.79 Å². The van der Waals surface area contributed by atoms with Gasteiger partial charge in [-0.1, -0.05) is 13.8 Å². The van der Waals surface area contributed by atoms with Crippen LogP contribution in [0.1, 0.15) is 26.7 Å². The number of piperidine rings is 1. The summed E-state index contributed by atoms with van der Waals surface area (Å²) in [4.78, 5) is 13.1. The second kappa shape index (κ2) is 3.44. The first-order chi connectivity index (χ1) is 5.54. The molecule has 0 unspecified atom stereocenters. The molecule has 1 amide bonds. The standard InChI is InChI=1S/C9H18N2O/c1-6(2)9-7(10)4-5-8(12)11(9)3/h6-7,9H,4-5,10H2,1-3H3/t7-,9-/m1/s1. The van der Waals surface area contributed by atoms with Gasteiger partial charge < -0.3 is 10.6 Å². The molecule has 0 aromatic carbocycles. The van der Waals surface area contributed by atoms with Crippen molar-refractivity contribution in [3.8, 4) is 0 Å². The first-order valence-electron chi connectivity index (χ1n) is 4.55.